The largest absolute Gasteiger partial charge is 0.454 e. The normalized spacial score (nSPS) is 22.3. The lowest BCUT2D eigenvalue weighted by Crippen LogP contribution is -2.46. The maximum Gasteiger partial charge on any atom is 0.231 e. The van der Waals surface area contributed by atoms with Crippen LogP contribution in [-0.4, -0.2) is 41.8 Å². The Kier molecular flexibility index (Phi) is 4.28. The average molecular weight is 329 g/mol. The molecule has 1 aromatic rings. The molecule has 0 radical (unpaired) electrons. The first-order valence-electron chi connectivity index (χ1n) is 7.17. The molecule has 6 heteroatoms. The van der Waals surface area contributed by atoms with Gasteiger partial charge in [-0.2, -0.15) is 11.8 Å². The van der Waals surface area contributed by atoms with Gasteiger partial charge in [-0.3, -0.25) is 4.90 Å². The Morgan fingerprint density at radius 1 is 1.43 bits per heavy atom. The molecule has 0 saturated carbocycles. The molecule has 0 spiro atoms. The fourth-order valence-corrected chi connectivity index (χ4v) is 4.40. The van der Waals surface area contributed by atoms with Crippen molar-refractivity contribution in [2.24, 2.45) is 5.73 Å². The Morgan fingerprint density at radius 2 is 2.24 bits per heavy atom. The monoisotopic (exact) mass is 328 g/mol. The van der Waals surface area contributed by atoms with Crippen molar-refractivity contribution in [1.82, 2.24) is 4.90 Å². The third kappa shape index (κ3) is 3.11. The number of rotatable bonds is 3. The molecular weight excluding hydrogens is 308 g/mol. The molecule has 3 rings (SSSR count). The van der Waals surface area contributed by atoms with E-state index in [4.69, 9.17) is 26.8 Å². The number of nitrogens with two attached hydrogens (primary N) is 1. The van der Waals surface area contributed by atoms with Crippen molar-refractivity contribution in [3.05, 3.63) is 22.7 Å². The number of benzene rings is 1. The summed E-state index contributed by atoms with van der Waals surface area (Å²) in [6.07, 6.45) is 0. The SMILES string of the molecule is CC1(C)CN(C(CN)c2cc(Cl)c3c(c2)OCO3)CCS1. The van der Waals surface area contributed by atoms with Crippen LogP contribution in [0.25, 0.3) is 0 Å². The van der Waals surface area contributed by atoms with Crippen LogP contribution in [0.4, 0.5) is 0 Å². The molecule has 21 heavy (non-hydrogen) atoms. The number of thioether (sulfide) groups is 1. The molecule has 0 amide bonds. The van der Waals surface area contributed by atoms with Gasteiger partial charge in [0, 0.05) is 36.2 Å². The van der Waals surface area contributed by atoms with E-state index in [0.717, 1.165) is 30.2 Å². The fourth-order valence-electron chi connectivity index (χ4n) is 2.99. The van der Waals surface area contributed by atoms with E-state index in [9.17, 15) is 0 Å². The molecule has 0 bridgehead atoms. The van der Waals surface area contributed by atoms with Crippen LogP contribution in [0.5, 0.6) is 11.5 Å². The van der Waals surface area contributed by atoms with Crippen molar-refractivity contribution in [2.75, 3.05) is 32.2 Å². The minimum absolute atomic E-state index is 0.164. The van der Waals surface area contributed by atoms with E-state index >= 15 is 0 Å². The summed E-state index contributed by atoms with van der Waals surface area (Å²) in [7, 11) is 0. The first-order chi connectivity index (χ1) is 10.00. The van der Waals surface area contributed by atoms with Crippen molar-refractivity contribution in [1.29, 1.82) is 0 Å². The predicted molar refractivity (Wildman–Crippen MR) is 87.5 cm³/mol. The third-order valence-corrected chi connectivity index (χ3v) is 5.53. The van der Waals surface area contributed by atoms with Crippen molar-refractivity contribution in [3.8, 4) is 11.5 Å². The molecule has 116 valence electrons. The number of nitrogens with zero attached hydrogens (tertiary/aromatic N) is 1. The molecule has 2 aliphatic rings. The van der Waals surface area contributed by atoms with Crippen LogP contribution in [0.2, 0.25) is 5.02 Å². The second kappa shape index (κ2) is 5.88. The van der Waals surface area contributed by atoms with Crippen LogP contribution < -0.4 is 15.2 Å². The molecule has 2 heterocycles. The molecule has 1 unspecified atom stereocenters. The summed E-state index contributed by atoms with van der Waals surface area (Å²) in [6, 6.07) is 4.14. The summed E-state index contributed by atoms with van der Waals surface area (Å²) in [5.74, 6) is 2.49. The van der Waals surface area contributed by atoms with Gasteiger partial charge in [0.2, 0.25) is 6.79 Å². The Balaban J connectivity index is 1.88. The highest BCUT2D eigenvalue weighted by atomic mass is 35.5. The zero-order valence-corrected chi connectivity index (χ0v) is 14.0. The molecule has 1 saturated heterocycles. The van der Waals surface area contributed by atoms with E-state index in [-0.39, 0.29) is 17.6 Å². The van der Waals surface area contributed by atoms with Crippen molar-refractivity contribution >= 4 is 23.4 Å². The van der Waals surface area contributed by atoms with E-state index in [2.05, 4.69) is 18.7 Å². The van der Waals surface area contributed by atoms with E-state index in [0.29, 0.717) is 17.3 Å². The average Bonchev–Trinajstić information content (AvgIpc) is 2.87. The first-order valence-corrected chi connectivity index (χ1v) is 8.54. The summed E-state index contributed by atoms with van der Waals surface area (Å²) in [6.45, 7) is 7.43. The van der Waals surface area contributed by atoms with Crippen LogP contribution in [-0.2, 0) is 0 Å². The van der Waals surface area contributed by atoms with E-state index in [1.54, 1.807) is 0 Å². The van der Waals surface area contributed by atoms with E-state index < -0.39 is 0 Å². The molecule has 4 nitrogen and oxygen atoms in total. The molecule has 1 fully saturated rings. The second-order valence-corrected chi connectivity index (χ2v) is 8.28. The van der Waals surface area contributed by atoms with Crippen LogP contribution in [0.15, 0.2) is 12.1 Å². The summed E-state index contributed by atoms with van der Waals surface area (Å²) >= 11 is 8.32. The highest BCUT2D eigenvalue weighted by Gasteiger charge is 2.32. The molecule has 1 atom stereocenters. The molecule has 1 aromatic carbocycles. The third-order valence-electron chi connectivity index (χ3n) is 3.95. The predicted octanol–water partition coefficient (Wildman–Crippen LogP) is 2.90. The topological polar surface area (TPSA) is 47.7 Å². The molecule has 2 aliphatic heterocycles. The van der Waals surface area contributed by atoms with Gasteiger partial charge in [0.25, 0.3) is 0 Å². The zero-order valence-electron chi connectivity index (χ0n) is 12.4. The fraction of sp³-hybridized carbons (Fsp3) is 0.600. The molecule has 0 aromatic heterocycles. The summed E-state index contributed by atoms with van der Waals surface area (Å²) in [5.41, 5.74) is 7.16. The summed E-state index contributed by atoms with van der Waals surface area (Å²) in [5, 5.41) is 0.601. The molecule has 2 N–H and O–H groups in total. The smallest absolute Gasteiger partial charge is 0.231 e. The number of halogens is 1. The second-order valence-electron chi connectivity index (χ2n) is 6.07. The van der Waals surface area contributed by atoms with Crippen LogP contribution >= 0.6 is 23.4 Å². The van der Waals surface area contributed by atoms with Gasteiger partial charge >= 0.3 is 0 Å². The lowest BCUT2D eigenvalue weighted by Gasteiger charge is -2.41. The minimum atomic E-state index is 0.164. The summed E-state index contributed by atoms with van der Waals surface area (Å²) in [4.78, 5) is 2.45. The number of hydrogen-bond donors (Lipinski definition) is 1. The van der Waals surface area contributed by atoms with Gasteiger partial charge in [0.15, 0.2) is 11.5 Å². The Hall–Kier alpha value is -0.620. The Bertz CT molecular complexity index is 539. The zero-order chi connectivity index (χ0) is 15.0. The van der Waals surface area contributed by atoms with Crippen LogP contribution in [0.1, 0.15) is 25.5 Å². The van der Waals surface area contributed by atoms with Gasteiger partial charge in [-0.05, 0) is 31.5 Å². The van der Waals surface area contributed by atoms with Gasteiger partial charge < -0.3 is 15.2 Å². The standard InChI is InChI=1S/C15H21ClN2O2S/c1-15(2)8-18(3-4-21-15)12(7-17)10-5-11(16)14-13(6-10)19-9-20-14/h5-6,12H,3-4,7-9,17H2,1-2H3. The highest BCUT2D eigenvalue weighted by Crippen LogP contribution is 2.42. The van der Waals surface area contributed by atoms with Crippen LogP contribution in [0, 0.1) is 0 Å². The van der Waals surface area contributed by atoms with Gasteiger partial charge in [-0.15, -0.1) is 0 Å². The minimum Gasteiger partial charge on any atom is -0.454 e. The van der Waals surface area contributed by atoms with Gasteiger partial charge in [0.1, 0.15) is 0 Å². The van der Waals surface area contributed by atoms with Gasteiger partial charge in [-0.25, -0.2) is 0 Å². The maximum absolute atomic E-state index is 6.30. The lowest BCUT2D eigenvalue weighted by molar-refractivity contribution is 0.173. The lowest BCUT2D eigenvalue weighted by atomic mass is 10.0. The highest BCUT2D eigenvalue weighted by molar-refractivity contribution is 8.00. The van der Waals surface area contributed by atoms with Crippen molar-refractivity contribution in [2.45, 2.75) is 24.6 Å². The Labute approximate surface area is 134 Å². The molecule has 0 aliphatic carbocycles. The van der Waals surface area contributed by atoms with Gasteiger partial charge in [-0.1, -0.05) is 11.6 Å². The first kappa shape index (κ1) is 15.3. The van der Waals surface area contributed by atoms with Gasteiger partial charge in [0.05, 0.1) is 5.02 Å². The van der Waals surface area contributed by atoms with Crippen LogP contribution in [0.3, 0.4) is 0 Å². The van der Waals surface area contributed by atoms with Crippen molar-refractivity contribution in [3.63, 3.8) is 0 Å². The maximum atomic E-state index is 6.30. The number of hydrogen-bond acceptors (Lipinski definition) is 5. The summed E-state index contributed by atoms with van der Waals surface area (Å²) < 4.78 is 11.1. The van der Waals surface area contributed by atoms with E-state index in [1.807, 2.05) is 23.9 Å². The number of ether oxygens (including phenoxy) is 2. The van der Waals surface area contributed by atoms with Crippen molar-refractivity contribution < 1.29 is 9.47 Å². The number of fused-ring (bicyclic) bond motifs is 1. The quantitative estimate of drug-likeness (QED) is 0.924. The van der Waals surface area contributed by atoms with E-state index in [1.165, 1.54) is 0 Å². The molecular formula is C15H21ClN2O2S. The Morgan fingerprint density at radius 3 is 2.95 bits per heavy atom.